The molecule has 0 radical (unpaired) electrons. The number of nitrogens with zero attached hydrogens (tertiary/aromatic N) is 1. The minimum absolute atomic E-state index is 0.245. The van der Waals surface area contributed by atoms with Gasteiger partial charge in [0.05, 0.1) is 15.5 Å². The monoisotopic (exact) mass is 286 g/mol. The van der Waals surface area contributed by atoms with Gasteiger partial charge in [0.25, 0.3) is 0 Å². The fraction of sp³-hybridized carbons (Fsp3) is 0.300. The van der Waals surface area contributed by atoms with Crippen LogP contribution >= 0.6 is 28.1 Å². The standard InChI is InChI=1S/C10H8BrFN2S/c11-6-3-8-9(4-7(6)12)14(5-1-2-5)10(15)13-8/h3-5H,1-2H2,(H,13,15). The van der Waals surface area contributed by atoms with Gasteiger partial charge in [-0.2, -0.15) is 0 Å². The highest BCUT2D eigenvalue weighted by Gasteiger charge is 2.26. The van der Waals surface area contributed by atoms with Crippen LogP contribution in [0.25, 0.3) is 11.0 Å². The number of aromatic amines is 1. The van der Waals surface area contributed by atoms with Gasteiger partial charge in [0.15, 0.2) is 4.77 Å². The normalized spacial score (nSPS) is 16.1. The predicted octanol–water partition coefficient (Wildman–Crippen LogP) is 3.94. The van der Waals surface area contributed by atoms with E-state index in [9.17, 15) is 4.39 Å². The van der Waals surface area contributed by atoms with E-state index in [4.69, 9.17) is 12.2 Å². The maximum Gasteiger partial charge on any atom is 0.178 e. The third-order valence-corrected chi connectivity index (χ3v) is 3.58. The largest absolute Gasteiger partial charge is 0.331 e. The van der Waals surface area contributed by atoms with Gasteiger partial charge in [-0.1, -0.05) is 0 Å². The second-order valence-electron chi connectivity index (χ2n) is 3.81. The summed E-state index contributed by atoms with van der Waals surface area (Å²) < 4.78 is 16.6. The Morgan fingerprint density at radius 1 is 1.47 bits per heavy atom. The van der Waals surface area contributed by atoms with Crippen LogP contribution in [-0.2, 0) is 0 Å². The van der Waals surface area contributed by atoms with E-state index in [1.54, 1.807) is 6.07 Å². The Morgan fingerprint density at radius 2 is 2.20 bits per heavy atom. The Morgan fingerprint density at radius 3 is 2.87 bits per heavy atom. The maximum absolute atomic E-state index is 13.4. The van der Waals surface area contributed by atoms with E-state index in [-0.39, 0.29) is 5.82 Å². The molecule has 1 N–H and O–H groups in total. The second-order valence-corrected chi connectivity index (χ2v) is 5.06. The van der Waals surface area contributed by atoms with Gasteiger partial charge in [-0.05, 0) is 47.1 Å². The molecule has 0 amide bonds. The summed E-state index contributed by atoms with van der Waals surface area (Å²) >= 11 is 8.39. The zero-order valence-electron chi connectivity index (χ0n) is 7.76. The summed E-state index contributed by atoms with van der Waals surface area (Å²) in [6.45, 7) is 0. The third-order valence-electron chi connectivity index (χ3n) is 2.67. The molecule has 1 aromatic heterocycles. The van der Waals surface area contributed by atoms with Crippen molar-refractivity contribution < 1.29 is 4.39 Å². The van der Waals surface area contributed by atoms with E-state index >= 15 is 0 Å². The molecule has 1 aliphatic rings. The number of fused-ring (bicyclic) bond motifs is 1. The molecule has 0 unspecified atom stereocenters. The summed E-state index contributed by atoms with van der Waals surface area (Å²) in [5, 5.41) is 0. The zero-order valence-corrected chi connectivity index (χ0v) is 10.2. The molecule has 2 aromatic rings. The molecule has 0 bridgehead atoms. The highest BCUT2D eigenvalue weighted by molar-refractivity contribution is 9.10. The van der Waals surface area contributed by atoms with Gasteiger partial charge in [-0.25, -0.2) is 4.39 Å². The van der Waals surface area contributed by atoms with E-state index in [0.29, 0.717) is 15.3 Å². The van der Waals surface area contributed by atoms with Gasteiger partial charge in [0.2, 0.25) is 0 Å². The summed E-state index contributed by atoms with van der Waals surface area (Å²) in [5.74, 6) is -0.245. The van der Waals surface area contributed by atoms with Crippen molar-refractivity contribution in [2.45, 2.75) is 18.9 Å². The number of imidazole rings is 1. The average Bonchev–Trinajstić information content (AvgIpc) is 2.93. The number of hydrogen-bond donors (Lipinski definition) is 1. The molecule has 0 saturated heterocycles. The van der Waals surface area contributed by atoms with Crippen molar-refractivity contribution in [2.24, 2.45) is 0 Å². The highest BCUT2D eigenvalue weighted by Crippen LogP contribution is 2.38. The Kier molecular flexibility index (Phi) is 2.01. The first-order valence-corrected chi connectivity index (χ1v) is 5.96. The van der Waals surface area contributed by atoms with Gasteiger partial charge < -0.3 is 9.55 Å². The molecule has 1 fully saturated rings. The number of benzene rings is 1. The van der Waals surface area contributed by atoms with E-state index in [1.165, 1.54) is 6.07 Å². The molecule has 3 rings (SSSR count). The summed E-state index contributed by atoms with van der Waals surface area (Å²) in [6.07, 6.45) is 2.28. The second kappa shape index (κ2) is 3.15. The van der Waals surface area contributed by atoms with Crippen molar-refractivity contribution in [2.75, 3.05) is 0 Å². The summed E-state index contributed by atoms with van der Waals surface area (Å²) in [5.41, 5.74) is 1.75. The SMILES string of the molecule is Fc1cc2c(cc1Br)[nH]c(=S)n2C1CC1. The van der Waals surface area contributed by atoms with Crippen LogP contribution in [-0.4, -0.2) is 9.55 Å². The van der Waals surface area contributed by atoms with Crippen molar-refractivity contribution in [1.29, 1.82) is 0 Å². The lowest BCUT2D eigenvalue weighted by Gasteiger charge is -2.01. The first kappa shape index (κ1) is 9.54. The van der Waals surface area contributed by atoms with Crippen molar-refractivity contribution >= 4 is 39.2 Å². The molecule has 5 heteroatoms. The van der Waals surface area contributed by atoms with Crippen molar-refractivity contribution in [1.82, 2.24) is 9.55 Å². The minimum atomic E-state index is -0.245. The summed E-state index contributed by atoms with van der Waals surface area (Å²) in [7, 11) is 0. The molecule has 1 aliphatic carbocycles. The number of hydrogen-bond acceptors (Lipinski definition) is 1. The van der Waals surface area contributed by atoms with Gasteiger partial charge in [0.1, 0.15) is 5.82 Å². The molecule has 0 atom stereocenters. The Balaban J connectivity index is 2.39. The van der Waals surface area contributed by atoms with Gasteiger partial charge in [-0.3, -0.25) is 0 Å². The van der Waals surface area contributed by atoms with Crippen LogP contribution in [0.5, 0.6) is 0 Å². The molecule has 1 aromatic carbocycles. The predicted molar refractivity (Wildman–Crippen MR) is 63.1 cm³/mol. The molecule has 1 saturated carbocycles. The van der Waals surface area contributed by atoms with Crippen molar-refractivity contribution in [3.05, 3.63) is 27.2 Å². The van der Waals surface area contributed by atoms with Gasteiger partial charge in [-0.15, -0.1) is 0 Å². The quantitative estimate of drug-likeness (QED) is 0.788. The molecule has 0 aliphatic heterocycles. The zero-order chi connectivity index (χ0) is 10.6. The summed E-state index contributed by atoms with van der Waals surface area (Å²) in [4.78, 5) is 3.10. The molecule has 2 nitrogen and oxygen atoms in total. The lowest BCUT2D eigenvalue weighted by molar-refractivity contribution is 0.621. The maximum atomic E-state index is 13.4. The van der Waals surface area contributed by atoms with Crippen LogP contribution in [0.4, 0.5) is 4.39 Å². The van der Waals surface area contributed by atoms with E-state index < -0.39 is 0 Å². The number of nitrogens with one attached hydrogen (secondary N) is 1. The van der Waals surface area contributed by atoms with Crippen LogP contribution in [0, 0.1) is 10.6 Å². The fourth-order valence-electron chi connectivity index (χ4n) is 1.82. The molecule has 78 valence electrons. The van der Waals surface area contributed by atoms with E-state index in [2.05, 4.69) is 20.9 Å². The molecule has 0 spiro atoms. The van der Waals surface area contributed by atoms with Crippen LogP contribution < -0.4 is 0 Å². The van der Waals surface area contributed by atoms with Crippen LogP contribution in [0.15, 0.2) is 16.6 Å². The number of rotatable bonds is 1. The smallest absolute Gasteiger partial charge is 0.178 e. The van der Waals surface area contributed by atoms with Gasteiger partial charge >= 0.3 is 0 Å². The molecule has 15 heavy (non-hydrogen) atoms. The number of halogens is 2. The molecular weight excluding hydrogens is 279 g/mol. The average molecular weight is 287 g/mol. The first-order valence-electron chi connectivity index (χ1n) is 4.76. The highest BCUT2D eigenvalue weighted by atomic mass is 79.9. The van der Waals surface area contributed by atoms with Crippen molar-refractivity contribution in [3.8, 4) is 0 Å². The Labute approximate surface area is 99.2 Å². The van der Waals surface area contributed by atoms with Crippen LogP contribution in [0.3, 0.4) is 0 Å². The number of H-pyrrole nitrogens is 1. The Hall–Kier alpha value is -0.680. The topological polar surface area (TPSA) is 20.7 Å². The summed E-state index contributed by atoms with van der Waals surface area (Å²) in [6, 6.07) is 3.73. The van der Waals surface area contributed by atoms with E-state index in [1.807, 2.05) is 4.57 Å². The van der Waals surface area contributed by atoms with Crippen LogP contribution in [0.2, 0.25) is 0 Å². The van der Waals surface area contributed by atoms with E-state index in [0.717, 1.165) is 23.9 Å². The lowest BCUT2D eigenvalue weighted by atomic mass is 10.3. The fourth-order valence-corrected chi connectivity index (χ4v) is 2.52. The lowest BCUT2D eigenvalue weighted by Crippen LogP contribution is -1.93. The van der Waals surface area contributed by atoms with Crippen LogP contribution in [0.1, 0.15) is 18.9 Å². The first-order chi connectivity index (χ1) is 7.16. The third kappa shape index (κ3) is 1.45. The minimum Gasteiger partial charge on any atom is -0.331 e. The molecular formula is C10H8BrFN2S. The number of aromatic nitrogens is 2. The van der Waals surface area contributed by atoms with Crippen molar-refractivity contribution in [3.63, 3.8) is 0 Å². The Bertz CT molecular complexity index is 597. The molecule has 1 heterocycles. The van der Waals surface area contributed by atoms with Gasteiger partial charge in [0, 0.05) is 12.1 Å².